The molecular weight excluding hydrogens is 596 g/mol. The van der Waals surface area contributed by atoms with Crippen LogP contribution in [0, 0.1) is 17.6 Å². The van der Waals surface area contributed by atoms with Crippen molar-refractivity contribution in [2.24, 2.45) is 5.92 Å². The molecule has 5 rings (SSSR count). The van der Waals surface area contributed by atoms with Gasteiger partial charge in [0.25, 0.3) is 5.91 Å². The van der Waals surface area contributed by atoms with Gasteiger partial charge in [0.15, 0.2) is 0 Å². The monoisotopic (exact) mass is 635 g/mol. The molecule has 2 aliphatic rings. The molecule has 0 aromatic heterocycles. The lowest BCUT2D eigenvalue weighted by atomic mass is 9.91. The van der Waals surface area contributed by atoms with E-state index >= 15 is 8.78 Å². The number of nitrogens with zero attached hydrogens (tertiary/aromatic N) is 2. The van der Waals surface area contributed by atoms with Gasteiger partial charge in [-0.1, -0.05) is 56.0 Å². The van der Waals surface area contributed by atoms with Gasteiger partial charge in [-0.25, -0.2) is 13.6 Å². The number of ether oxygens (including phenoxy) is 2. The number of hydrogen-bond donors (Lipinski definition) is 1. The van der Waals surface area contributed by atoms with E-state index in [-0.39, 0.29) is 48.4 Å². The molecule has 2 heterocycles. The molecule has 1 saturated heterocycles. The summed E-state index contributed by atoms with van der Waals surface area (Å²) in [4.78, 5) is 43.1. The summed E-state index contributed by atoms with van der Waals surface area (Å²) in [5.74, 6) is -1.69. The summed E-state index contributed by atoms with van der Waals surface area (Å²) in [5, 5.41) is 2.74. The number of amides is 3. The molecule has 11 heteroatoms. The lowest BCUT2D eigenvalue weighted by Crippen LogP contribution is -2.58. The van der Waals surface area contributed by atoms with E-state index in [1.165, 1.54) is 4.90 Å². The maximum atomic E-state index is 15.0. The summed E-state index contributed by atoms with van der Waals surface area (Å²) in [6.07, 6.45) is 0.692. The highest BCUT2D eigenvalue weighted by Gasteiger charge is 2.42. The molecule has 238 valence electrons. The average molecular weight is 636 g/mol. The number of urea groups is 1. The standard InChI is InChI=1S/C34H39F2N3O5Si/c1-5-43-26-11-12-27-24(16-26)13-14-39(31(27)33(41)37-25-17-28(35)32(29(36)18-25)45(2,3)4)34(42)38-19-23(20-38)15-30(40)44-21-22-9-7-6-8-10-22/h6-12,16-18,23,31H,5,13-15,19-21H2,1-4H3,(H,37,41)/t31-/m1/s1. The number of nitrogens with one attached hydrogen (secondary N) is 1. The third kappa shape index (κ3) is 7.36. The summed E-state index contributed by atoms with van der Waals surface area (Å²) in [6.45, 7) is 9.07. The predicted octanol–water partition coefficient (Wildman–Crippen LogP) is 5.63. The van der Waals surface area contributed by atoms with E-state index in [4.69, 9.17) is 9.47 Å². The number of likely N-dealkylation sites (tertiary alicyclic amines) is 1. The summed E-state index contributed by atoms with van der Waals surface area (Å²) >= 11 is 0. The van der Waals surface area contributed by atoms with E-state index in [1.807, 2.05) is 63.0 Å². The van der Waals surface area contributed by atoms with Gasteiger partial charge in [0.2, 0.25) is 0 Å². The Labute approximate surface area is 263 Å². The van der Waals surface area contributed by atoms with Crippen molar-refractivity contribution in [3.63, 3.8) is 0 Å². The summed E-state index contributed by atoms with van der Waals surface area (Å²) in [5.41, 5.74) is 2.37. The molecule has 3 aromatic carbocycles. The van der Waals surface area contributed by atoms with Gasteiger partial charge in [-0.05, 0) is 54.3 Å². The summed E-state index contributed by atoms with van der Waals surface area (Å²) in [7, 11) is -2.31. The van der Waals surface area contributed by atoms with Crippen molar-refractivity contribution in [1.29, 1.82) is 0 Å². The third-order valence-electron chi connectivity index (χ3n) is 8.13. The lowest BCUT2D eigenvalue weighted by Gasteiger charge is -2.45. The minimum Gasteiger partial charge on any atom is -0.494 e. The highest BCUT2D eigenvalue weighted by atomic mass is 28.3. The fourth-order valence-corrected chi connectivity index (χ4v) is 7.57. The number of anilines is 1. The molecule has 1 fully saturated rings. The molecule has 1 N–H and O–H groups in total. The van der Waals surface area contributed by atoms with Crippen LogP contribution in [0.15, 0.2) is 60.7 Å². The summed E-state index contributed by atoms with van der Waals surface area (Å²) in [6, 6.07) is 15.7. The van der Waals surface area contributed by atoms with E-state index in [2.05, 4.69) is 5.32 Å². The van der Waals surface area contributed by atoms with Gasteiger partial charge < -0.3 is 24.6 Å². The van der Waals surface area contributed by atoms with Crippen LogP contribution >= 0.6 is 0 Å². The zero-order valence-electron chi connectivity index (χ0n) is 26.1. The Bertz CT molecular complexity index is 1550. The number of hydrogen-bond acceptors (Lipinski definition) is 5. The minimum atomic E-state index is -2.31. The number of fused-ring (bicyclic) bond motifs is 1. The van der Waals surface area contributed by atoms with Crippen LogP contribution in [0.4, 0.5) is 19.3 Å². The highest BCUT2D eigenvalue weighted by Crippen LogP contribution is 2.35. The number of halogens is 2. The fraction of sp³-hybridized carbons (Fsp3) is 0.382. The molecule has 0 spiro atoms. The van der Waals surface area contributed by atoms with Crippen LogP contribution in [0.25, 0.3) is 0 Å². The molecular formula is C34H39F2N3O5Si. The van der Waals surface area contributed by atoms with Gasteiger partial charge in [-0.2, -0.15) is 0 Å². The van der Waals surface area contributed by atoms with Crippen molar-refractivity contribution >= 4 is 36.9 Å². The van der Waals surface area contributed by atoms with Gasteiger partial charge >= 0.3 is 12.0 Å². The average Bonchev–Trinajstić information content (AvgIpc) is 2.96. The molecule has 0 unspecified atom stereocenters. The molecule has 0 aliphatic carbocycles. The molecule has 3 amide bonds. The van der Waals surface area contributed by atoms with Crippen molar-refractivity contribution in [3.05, 3.63) is 89.0 Å². The molecule has 0 radical (unpaired) electrons. The summed E-state index contributed by atoms with van der Waals surface area (Å²) < 4.78 is 41.1. The molecule has 0 saturated carbocycles. The molecule has 0 bridgehead atoms. The SMILES string of the molecule is CCOc1ccc2c(c1)CCN(C(=O)N1CC(CC(=O)OCc3ccccc3)C1)[C@H]2C(=O)Nc1cc(F)c([Si](C)(C)C)c(F)c1. The van der Waals surface area contributed by atoms with Crippen LogP contribution in [0.2, 0.25) is 19.6 Å². The zero-order valence-corrected chi connectivity index (χ0v) is 27.1. The predicted molar refractivity (Wildman–Crippen MR) is 170 cm³/mol. The second-order valence-corrected chi connectivity index (χ2v) is 17.6. The first-order valence-electron chi connectivity index (χ1n) is 15.3. The van der Waals surface area contributed by atoms with Gasteiger partial charge in [0.1, 0.15) is 30.0 Å². The zero-order chi connectivity index (χ0) is 32.3. The molecule has 2 aliphatic heterocycles. The second-order valence-electron chi connectivity index (χ2n) is 12.6. The van der Waals surface area contributed by atoms with Crippen molar-refractivity contribution < 1.29 is 32.6 Å². The van der Waals surface area contributed by atoms with Gasteiger partial charge in [-0.15, -0.1) is 0 Å². The second kappa shape index (κ2) is 13.4. The van der Waals surface area contributed by atoms with E-state index in [0.29, 0.717) is 37.4 Å². The van der Waals surface area contributed by atoms with E-state index in [1.54, 1.807) is 17.0 Å². The first kappa shape index (κ1) is 32.1. The van der Waals surface area contributed by atoms with Gasteiger partial charge in [-0.3, -0.25) is 9.59 Å². The highest BCUT2D eigenvalue weighted by molar-refractivity contribution is 6.88. The Balaban J connectivity index is 1.30. The van der Waals surface area contributed by atoms with Crippen molar-refractivity contribution in [1.82, 2.24) is 9.80 Å². The number of rotatable bonds is 9. The smallest absolute Gasteiger partial charge is 0.320 e. The Morgan fingerprint density at radius 3 is 2.31 bits per heavy atom. The van der Waals surface area contributed by atoms with Crippen molar-refractivity contribution in [2.45, 2.75) is 52.1 Å². The minimum absolute atomic E-state index is 0.0134. The van der Waals surface area contributed by atoms with Crippen LogP contribution in [-0.2, 0) is 27.4 Å². The Kier molecular flexibility index (Phi) is 9.57. The van der Waals surface area contributed by atoms with Crippen LogP contribution < -0.4 is 15.2 Å². The molecule has 3 aromatic rings. The van der Waals surface area contributed by atoms with Gasteiger partial charge in [0, 0.05) is 36.4 Å². The van der Waals surface area contributed by atoms with Gasteiger partial charge in [0.05, 0.1) is 21.1 Å². The fourth-order valence-electron chi connectivity index (χ4n) is 5.99. The Morgan fingerprint density at radius 2 is 1.67 bits per heavy atom. The van der Waals surface area contributed by atoms with E-state index < -0.39 is 31.7 Å². The molecule has 45 heavy (non-hydrogen) atoms. The van der Waals surface area contributed by atoms with Crippen molar-refractivity contribution in [2.75, 3.05) is 31.6 Å². The maximum absolute atomic E-state index is 15.0. The number of carbonyl (C=O) groups excluding carboxylic acids is 3. The first-order chi connectivity index (χ1) is 21.4. The van der Waals surface area contributed by atoms with E-state index in [9.17, 15) is 14.4 Å². The maximum Gasteiger partial charge on any atom is 0.320 e. The van der Waals surface area contributed by atoms with Crippen LogP contribution in [0.1, 0.15) is 36.1 Å². The normalized spacial score (nSPS) is 16.4. The third-order valence-corrected chi connectivity index (χ3v) is 10.1. The number of esters is 1. The van der Waals surface area contributed by atoms with Crippen molar-refractivity contribution in [3.8, 4) is 5.75 Å². The lowest BCUT2D eigenvalue weighted by molar-refractivity contribution is -0.147. The quantitative estimate of drug-likeness (QED) is 0.243. The van der Waals surface area contributed by atoms with Crippen LogP contribution in [0.5, 0.6) is 5.75 Å². The topological polar surface area (TPSA) is 88.2 Å². The number of carbonyl (C=O) groups is 3. The van der Waals surface area contributed by atoms with Crippen LogP contribution in [-0.4, -0.2) is 62.0 Å². The molecule has 1 atom stereocenters. The Morgan fingerprint density at radius 1 is 0.978 bits per heavy atom. The molecule has 8 nitrogen and oxygen atoms in total. The van der Waals surface area contributed by atoms with Crippen LogP contribution in [0.3, 0.4) is 0 Å². The van der Waals surface area contributed by atoms with E-state index in [0.717, 1.165) is 23.3 Å². The first-order valence-corrected chi connectivity index (χ1v) is 18.8. The number of benzene rings is 3. The Hall–Kier alpha value is -4.25. The largest absolute Gasteiger partial charge is 0.494 e.